The highest BCUT2D eigenvalue weighted by Crippen LogP contribution is 2.17. The molecule has 2 rings (SSSR count). The molecule has 2 N–H and O–H groups in total. The summed E-state index contributed by atoms with van der Waals surface area (Å²) in [5, 5.41) is 9.89. The van der Waals surface area contributed by atoms with Crippen molar-refractivity contribution in [3.05, 3.63) is 12.3 Å². The minimum absolute atomic E-state index is 0.162. The Balaban J connectivity index is 1.57. The minimum Gasteiger partial charge on any atom is -0.378 e. The second-order valence-electron chi connectivity index (χ2n) is 5.45. The first-order valence-corrected chi connectivity index (χ1v) is 7.98. The van der Waals surface area contributed by atoms with Gasteiger partial charge in [-0.15, -0.1) is 0 Å². The smallest absolute Gasteiger partial charge is 0.320 e. The molecule has 2 heterocycles. The van der Waals surface area contributed by atoms with Gasteiger partial charge in [0.15, 0.2) is 0 Å². The number of urea groups is 1. The highest BCUT2D eigenvalue weighted by Gasteiger charge is 2.14. The van der Waals surface area contributed by atoms with Gasteiger partial charge in [-0.05, 0) is 38.5 Å². The van der Waals surface area contributed by atoms with Gasteiger partial charge in [-0.1, -0.05) is 6.92 Å². The van der Waals surface area contributed by atoms with E-state index in [2.05, 4.69) is 22.7 Å². The van der Waals surface area contributed by atoms with Gasteiger partial charge in [0.25, 0.3) is 0 Å². The molecule has 1 aliphatic heterocycles. The van der Waals surface area contributed by atoms with Crippen molar-refractivity contribution in [2.45, 2.75) is 58.1 Å². The monoisotopic (exact) mass is 294 g/mol. The third kappa shape index (κ3) is 5.38. The Morgan fingerprint density at radius 1 is 1.52 bits per heavy atom. The largest absolute Gasteiger partial charge is 0.378 e. The molecule has 0 radical (unpaired) electrons. The first-order chi connectivity index (χ1) is 10.3. The predicted molar refractivity (Wildman–Crippen MR) is 82.4 cm³/mol. The van der Waals surface area contributed by atoms with Crippen LogP contribution in [0.15, 0.2) is 12.3 Å². The summed E-state index contributed by atoms with van der Waals surface area (Å²) >= 11 is 0. The molecule has 0 aliphatic carbocycles. The van der Waals surface area contributed by atoms with Crippen LogP contribution >= 0.6 is 0 Å². The molecule has 1 atom stereocenters. The van der Waals surface area contributed by atoms with Gasteiger partial charge in [0, 0.05) is 25.8 Å². The molecule has 0 unspecified atom stereocenters. The number of rotatable bonds is 8. The topological polar surface area (TPSA) is 68.2 Å². The molecule has 2 amide bonds. The number of hydrogen-bond acceptors (Lipinski definition) is 3. The zero-order chi connectivity index (χ0) is 14.9. The van der Waals surface area contributed by atoms with E-state index in [1.54, 1.807) is 10.9 Å². The summed E-state index contributed by atoms with van der Waals surface area (Å²) in [4.78, 5) is 11.8. The molecule has 1 fully saturated rings. The molecule has 1 saturated heterocycles. The number of aryl methyl sites for hydroxylation is 1. The molecule has 6 nitrogen and oxygen atoms in total. The number of carbonyl (C=O) groups is 1. The Bertz CT molecular complexity index is 427. The normalized spacial score (nSPS) is 17.9. The molecule has 118 valence electrons. The summed E-state index contributed by atoms with van der Waals surface area (Å²) in [7, 11) is 0. The van der Waals surface area contributed by atoms with Crippen LogP contribution in [-0.4, -0.2) is 35.1 Å². The van der Waals surface area contributed by atoms with Crippen molar-refractivity contribution in [2.24, 2.45) is 0 Å². The molecule has 0 bridgehead atoms. The summed E-state index contributed by atoms with van der Waals surface area (Å²) in [6, 6.07) is 1.65. The lowest BCUT2D eigenvalue weighted by Crippen LogP contribution is -2.30. The highest BCUT2D eigenvalue weighted by molar-refractivity contribution is 5.88. The number of carbonyl (C=O) groups excluding carboxylic acids is 1. The molecule has 0 saturated carbocycles. The van der Waals surface area contributed by atoms with Crippen LogP contribution in [0.25, 0.3) is 0 Å². The molecule has 0 spiro atoms. The summed E-state index contributed by atoms with van der Waals surface area (Å²) in [6.45, 7) is 4.50. The van der Waals surface area contributed by atoms with Crippen molar-refractivity contribution >= 4 is 11.8 Å². The van der Waals surface area contributed by atoms with Gasteiger partial charge in [0.2, 0.25) is 0 Å². The number of ether oxygens (including phenoxy) is 1. The minimum atomic E-state index is -0.162. The number of aromatic nitrogens is 2. The third-order valence-electron chi connectivity index (χ3n) is 3.66. The molecule has 1 aromatic rings. The van der Waals surface area contributed by atoms with E-state index >= 15 is 0 Å². The van der Waals surface area contributed by atoms with Crippen LogP contribution in [-0.2, 0) is 11.3 Å². The molecule has 21 heavy (non-hydrogen) atoms. The fourth-order valence-electron chi connectivity index (χ4n) is 2.56. The maximum absolute atomic E-state index is 11.8. The van der Waals surface area contributed by atoms with Gasteiger partial charge in [-0.3, -0.25) is 5.32 Å². The van der Waals surface area contributed by atoms with Crippen LogP contribution in [0.2, 0.25) is 0 Å². The van der Waals surface area contributed by atoms with E-state index < -0.39 is 0 Å². The van der Waals surface area contributed by atoms with E-state index in [0.29, 0.717) is 12.6 Å². The number of hydrogen-bond donors (Lipinski definition) is 2. The average Bonchev–Trinajstić information content (AvgIpc) is 3.11. The van der Waals surface area contributed by atoms with Crippen LogP contribution in [0.3, 0.4) is 0 Å². The van der Waals surface area contributed by atoms with Crippen LogP contribution in [0.1, 0.15) is 45.4 Å². The van der Waals surface area contributed by atoms with E-state index in [9.17, 15) is 4.79 Å². The molecular weight excluding hydrogens is 268 g/mol. The first kappa shape index (κ1) is 15.8. The quantitative estimate of drug-likeness (QED) is 0.724. The van der Waals surface area contributed by atoms with Gasteiger partial charge in [0.05, 0.1) is 12.3 Å². The fraction of sp³-hybridized carbons (Fsp3) is 0.733. The second-order valence-corrected chi connectivity index (χ2v) is 5.45. The van der Waals surface area contributed by atoms with Crippen LogP contribution in [0, 0.1) is 0 Å². The summed E-state index contributed by atoms with van der Waals surface area (Å²) < 4.78 is 7.38. The van der Waals surface area contributed by atoms with Crippen molar-refractivity contribution in [1.82, 2.24) is 15.1 Å². The Morgan fingerprint density at radius 2 is 2.43 bits per heavy atom. The Hall–Kier alpha value is -1.56. The van der Waals surface area contributed by atoms with E-state index in [0.717, 1.165) is 44.7 Å². The molecule has 1 aromatic heterocycles. The van der Waals surface area contributed by atoms with Gasteiger partial charge >= 0.3 is 6.03 Å². The van der Waals surface area contributed by atoms with Crippen LogP contribution in [0.4, 0.5) is 10.6 Å². The zero-order valence-corrected chi connectivity index (χ0v) is 12.8. The highest BCUT2D eigenvalue weighted by atomic mass is 16.5. The number of unbranched alkanes of at least 4 members (excludes halogenated alkanes) is 1. The van der Waals surface area contributed by atoms with Crippen LogP contribution in [0.5, 0.6) is 0 Å². The lowest BCUT2D eigenvalue weighted by atomic mass is 10.1. The fourth-order valence-corrected chi connectivity index (χ4v) is 2.56. The number of nitrogens with zero attached hydrogens (tertiary/aromatic N) is 2. The van der Waals surface area contributed by atoms with Crippen molar-refractivity contribution in [3.8, 4) is 0 Å². The summed E-state index contributed by atoms with van der Waals surface area (Å²) in [6.07, 6.45) is 8.70. The predicted octanol–water partition coefficient (Wildman–Crippen LogP) is 2.76. The number of amides is 2. The summed E-state index contributed by atoms with van der Waals surface area (Å²) in [5.41, 5.74) is 0. The van der Waals surface area contributed by atoms with E-state index in [4.69, 9.17) is 4.74 Å². The van der Waals surface area contributed by atoms with Crippen LogP contribution < -0.4 is 10.6 Å². The van der Waals surface area contributed by atoms with Gasteiger partial charge in [-0.2, -0.15) is 5.10 Å². The van der Waals surface area contributed by atoms with Gasteiger partial charge in [-0.25, -0.2) is 9.48 Å². The molecule has 0 aromatic carbocycles. The molecule has 6 heteroatoms. The lowest BCUT2D eigenvalue weighted by molar-refractivity contribution is 0.102. The molecular formula is C15H26N4O2. The second kappa shape index (κ2) is 8.67. The van der Waals surface area contributed by atoms with Crippen molar-refractivity contribution in [3.63, 3.8) is 0 Å². The molecule has 1 aliphatic rings. The lowest BCUT2D eigenvalue weighted by Gasteiger charge is -2.10. The number of nitrogens with one attached hydrogen (secondary N) is 2. The zero-order valence-electron chi connectivity index (χ0n) is 12.8. The maximum Gasteiger partial charge on any atom is 0.320 e. The average molecular weight is 294 g/mol. The van der Waals surface area contributed by atoms with Gasteiger partial charge in [0.1, 0.15) is 5.82 Å². The van der Waals surface area contributed by atoms with Crippen molar-refractivity contribution in [1.29, 1.82) is 0 Å². The Morgan fingerprint density at radius 3 is 3.19 bits per heavy atom. The Kier molecular flexibility index (Phi) is 6.53. The summed E-state index contributed by atoms with van der Waals surface area (Å²) in [5.74, 6) is 0.744. The van der Waals surface area contributed by atoms with Crippen molar-refractivity contribution < 1.29 is 9.53 Å². The Labute approximate surface area is 126 Å². The third-order valence-corrected chi connectivity index (χ3v) is 3.66. The van der Waals surface area contributed by atoms with E-state index in [-0.39, 0.29) is 6.03 Å². The van der Waals surface area contributed by atoms with Gasteiger partial charge < -0.3 is 10.1 Å². The van der Waals surface area contributed by atoms with E-state index in [1.165, 1.54) is 12.8 Å². The standard InChI is InChI=1S/C15H26N4O2/c1-2-11-19-14(8-10-17-19)18-15(20)16-9-4-3-6-13-7-5-12-21-13/h8,10,13H,2-7,9,11-12H2,1H3,(H2,16,18,20)/t13-/m1/s1. The van der Waals surface area contributed by atoms with Crippen molar-refractivity contribution in [2.75, 3.05) is 18.5 Å². The number of anilines is 1. The van der Waals surface area contributed by atoms with E-state index in [1.807, 2.05) is 6.07 Å². The first-order valence-electron chi connectivity index (χ1n) is 7.98. The SMILES string of the molecule is CCCn1nccc1NC(=O)NCCCC[C@@H]1CCCO1. The maximum atomic E-state index is 11.8.